The molecule has 0 bridgehead atoms. The summed E-state index contributed by atoms with van der Waals surface area (Å²) in [4.78, 5) is 19.1. The second kappa shape index (κ2) is 9.99. The molecule has 6 rings (SSSR count). The average Bonchev–Trinajstić information content (AvgIpc) is 3.66. The summed E-state index contributed by atoms with van der Waals surface area (Å²) in [6, 6.07) is 13.8. The van der Waals surface area contributed by atoms with Crippen LogP contribution in [0.2, 0.25) is 0 Å². The average molecular weight is 524 g/mol. The fraction of sp³-hybridized carbons (Fsp3) is 0.200. The minimum atomic E-state index is -2.63. The lowest BCUT2D eigenvalue weighted by Gasteiger charge is -2.16. The van der Waals surface area contributed by atoms with Gasteiger partial charge in [0, 0.05) is 37.5 Å². The van der Waals surface area contributed by atoms with Gasteiger partial charge in [0.15, 0.2) is 11.5 Å². The van der Waals surface area contributed by atoms with E-state index in [0.29, 0.717) is 30.1 Å². The maximum absolute atomic E-state index is 13.7. The van der Waals surface area contributed by atoms with Gasteiger partial charge in [-0.15, -0.1) is 0 Å². The third-order valence-electron chi connectivity index (χ3n) is 7.00. The molecule has 1 saturated heterocycles. The summed E-state index contributed by atoms with van der Waals surface area (Å²) in [5.41, 5.74) is 8.32. The van der Waals surface area contributed by atoms with Crippen LogP contribution in [0.25, 0.3) is 50.3 Å². The molecule has 1 aliphatic heterocycles. The quantitative estimate of drug-likeness (QED) is 0.241. The second-order valence-corrected chi connectivity index (χ2v) is 9.67. The highest BCUT2D eigenvalue weighted by Crippen LogP contribution is 2.32. The molecule has 0 aliphatic carbocycles. The number of allylic oxidation sites excluding steroid dienone is 3. The van der Waals surface area contributed by atoms with Crippen molar-refractivity contribution in [3.8, 4) is 22.6 Å². The summed E-state index contributed by atoms with van der Waals surface area (Å²) < 4.78 is 27.4. The van der Waals surface area contributed by atoms with Gasteiger partial charge in [-0.2, -0.15) is 5.10 Å². The second-order valence-electron chi connectivity index (χ2n) is 9.67. The molecule has 0 atom stereocenters. The number of nitrogens with zero attached hydrogens (tertiary/aromatic N) is 5. The number of rotatable bonds is 7. The standard InChI is InChI=1S/C30H27F2N7/c1-3-19(17-39-15-12-30(31,32)18-39)16-20(4-2)23-8-9-25-27(34-23)28(38-37-25)29-35-24-7-5-6-22(26(24)36-29)21-10-13-33-14-11-21/h3-11,13-14,16H,1,12,15,17-18H2,2H3,(H,35,36)(H,37,38)/b19-16+,20-4+. The van der Waals surface area contributed by atoms with Crippen molar-refractivity contribution < 1.29 is 8.78 Å². The first-order chi connectivity index (χ1) is 18.9. The fourth-order valence-corrected chi connectivity index (χ4v) is 5.01. The summed E-state index contributed by atoms with van der Waals surface area (Å²) in [6.07, 6.45) is 9.05. The Kier molecular flexibility index (Phi) is 6.36. The molecule has 2 N–H and O–H groups in total. The molecule has 4 aromatic heterocycles. The Balaban J connectivity index is 1.35. The molecule has 1 fully saturated rings. The van der Waals surface area contributed by atoms with Crippen LogP contribution in [0, 0.1) is 0 Å². The first-order valence-electron chi connectivity index (χ1n) is 12.8. The predicted octanol–water partition coefficient (Wildman–Crippen LogP) is 6.42. The smallest absolute Gasteiger partial charge is 0.261 e. The zero-order valence-corrected chi connectivity index (χ0v) is 21.5. The van der Waals surface area contributed by atoms with Gasteiger partial charge >= 0.3 is 0 Å². The highest BCUT2D eigenvalue weighted by molar-refractivity contribution is 5.96. The first kappa shape index (κ1) is 24.8. The molecule has 9 heteroatoms. The Morgan fingerprint density at radius 1 is 1.08 bits per heavy atom. The highest BCUT2D eigenvalue weighted by Gasteiger charge is 2.37. The Morgan fingerprint density at radius 3 is 2.67 bits per heavy atom. The van der Waals surface area contributed by atoms with Crippen molar-refractivity contribution in [3.05, 3.63) is 90.9 Å². The van der Waals surface area contributed by atoms with Crippen LogP contribution in [0.5, 0.6) is 0 Å². The van der Waals surface area contributed by atoms with Gasteiger partial charge in [0.25, 0.3) is 5.92 Å². The van der Waals surface area contributed by atoms with Crippen LogP contribution < -0.4 is 0 Å². The minimum absolute atomic E-state index is 0.110. The number of aromatic amines is 2. The number of para-hydroxylation sites is 1. The van der Waals surface area contributed by atoms with E-state index in [-0.39, 0.29) is 13.0 Å². The molecule has 196 valence electrons. The number of hydrogen-bond acceptors (Lipinski definition) is 5. The van der Waals surface area contributed by atoms with Crippen LogP contribution in [-0.4, -0.2) is 60.6 Å². The lowest BCUT2D eigenvalue weighted by molar-refractivity contribution is 0.0131. The Bertz CT molecular complexity index is 1730. The lowest BCUT2D eigenvalue weighted by atomic mass is 10.1. The van der Waals surface area contributed by atoms with Gasteiger partial charge in [-0.25, -0.2) is 18.7 Å². The number of imidazole rings is 1. The molecule has 0 saturated carbocycles. The number of likely N-dealkylation sites (tertiary alicyclic amines) is 1. The largest absolute Gasteiger partial charge is 0.336 e. The van der Waals surface area contributed by atoms with Crippen LogP contribution in [-0.2, 0) is 0 Å². The van der Waals surface area contributed by atoms with E-state index >= 15 is 0 Å². The van der Waals surface area contributed by atoms with Crippen molar-refractivity contribution in [2.45, 2.75) is 19.3 Å². The van der Waals surface area contributed by atoms with Gasteiger partial charge in [0.2, 0.25) is 0 Å². The number of halogens is 2. The molecule has 5 heterocycles. The topological polar surface area (TPSA) is 86.4 Å². The van der Waals surface area contributed by atoms with E-state index in [2.05, 4.69) is 26.7 Å². The maximum atomic E-state index is 13.7. The molecule has 5 aromatic rings. The summed E-state index contributed by atoms with van der Waals surface area (Å²) in [5, 5.41) is 7.59. The van der Waals surface area contributed by atoms with Crippen LogP contribution in [0.1, 0.15) is 19.0 Å². The summed E-state index contributed by atoms with van der Waals surface area (Å²) in [6.45, 7) is 6.38. The highest BCUT2D eigenvalue weighted by atomic mass is 19.3. The molecule has 0 amide bonds. The van der Waals surface area contributed by atoms with E-state index < -0.39 is 5.92 Å². The zero-order chi connectivity index (χ0) is 27.0. The number of benzene rings is 1. The monoisotopic (exact) mass is 523 g/mol. The van der Waals surface area contributed by atoms with Gasteiger partial charge in [-0.05, 0) is 60.0 Å². The molecule has 39 heavy (non-hydrogen) atoms. The van der Waals surface area contributed by atoms with Crippen LogP contribution in [0.15, 0.2) is 85.2 Å². The summed E-state index contributed by atoms with van der Waals surface area (Å²) >= 11 is 0. The number of H-pyrrole nitrogens is 2. The molecule has 0 spiro atoms. The van der Waals surface area contributed by atoms with Crippen LogP contribution in [0.4, 0.5) is 8.78 Å². The minimum Gasteiger partial charge on any atom is -0.336 e. The van der Waals surface area contributed by atoms with Crippen molar-refractivity contribution in [2.24, 2.45) is 0 Å². The number of hydrogen-bond donors (Lipinski definition) is 2. The van der Waals surface area contributed by atoms with Gasteiger partial charge in [0.05, 0.1) is 28.8 Å². The number of alkyl halides is 2. The molecule has 7 nitrogen and oxygen atoms in total. The molecule has 0 unspecified atom stereocenters. The maximum Gasteiger partial charge on any atom is 0.261 e. The van der Waals surface area contributed by atoms with E-state index in [4.69, 9.17) is 9.97 Å². The lowest BCUT2D eigenvalue weighted by Crippen LogP contribution is -2.26. The summed E-state index contributed by atoms with van der Waals surface area (Å²) in [7, 11) is 0. The summed E-state index contributed by atoms with van der Waals surface area (Å²) in [5.74, 6) is -2.02. The van der Waals surface area contributed by atoms with Crippen molar-refractivity contribution in [3.63, 3.8) is 0 Å². The Hall–Kier alpha value is -4.50. The number of aromatic nitrogens is 6. The predicted molar refractivity (Wildman–Crippen MR) is 150 cm³/mol. The third-order valence-corrected chi connectivity index (χ3v) is 7.00. The Morgan fingerprint density at radius 2 is 1.92 bits per heavy atom. The van der Waals surface area contributed by atoms with Crippen LogP contribution in [0.3, 0.4) is 0 Å². The normalized spacial score (nSPS) is 16.4. The van der Waals surface area contributed by atoms with Crippen molar-refractivity contribution in [1.82, 2.24) is 35.0 Å². The third kappa shape index (κ3) is 4.88. The molecule has 1 aromatic carbocycles. The molecular formula is C30H27F2N7. The zero-order valence-electron chi connectivity index (χ0n) is 21.5. The SMILES string of the molecule is C=C/C(=C\C(=C/C)c1ccc2[nH]nc(-c3nc4c(-c5ccncc5)cccc4[nH]3)c2n1)CN1CCC(F)(F)C1. The van der Waals surface area contributed by atoms with Crippen molar-refractivity contribution >= 4 is 27.6 Å². The van der Waals surface area contributed by atoms with E-state index in [0.717, 1.165) is 44.5 Å². The molecule has 0 radical (unpaired) electrons. The Labute approximate surface area is 224 Å². The van der Waals surface area contributed by atoms with E-state index in [1.165, 1.54) is 0 Å². The van der Waals surface area contributed by atoms with Crippen LogP contribution >= 0.6 is 0 Å². The number of nitrogens with one attached hydrogen (secondary N) is 2. The van der Waals surface area contributed by atoms with E-state index in [1.807, 2.05) is 61.5 Å². The molecule has 1 aliphatic rings. The fourth-order valence-electron chi connectivity index (χ4n) is 5.01. The number of pyridine rings is 2. The van der Waals surface area contributed by atoms with Gasteiger partial charge in [-0.3, -0.25) is 15.0 Å². The first-order valence-corrected chi connectivity index (χ1v) is 12.8. The van der Waals surface area contributed by atoms with E-state index in [9.17, 15) is 8.78 Å². The van der Waals surface area contributed by atoms with Gasteiger partial charge in [0.1, 0.15) is 5.52 Å². The number of fused-ring (bicyclic) bond motifs is 2. The van der Waals surface area contributed by atoms with Crippen molar-refractivity contribution in [1.29, 1.82) is 0 Å². The van der Waals surface area contributed by atoms with Crippen molar-refractivity contribution in [2.75, 3.05) is 19.6 Å². The van der Waals surface area contributed by atoms with E-state index in [1.54, 1.807) is 23.4 Å². The molecular weight excluding hydrogens is 496 g/mol. The van der Waals surface area contributed by atoms with Gasteiger partial charge < -0.3 is 4.98 Å². The van der Waals surface area contributed by atoms with Gasteiger partial charge in [-0.1, -0.05) is 30.9 Å².